The molecule has 3 heterocycles. The van der Waals surface area contributed by atoms with E-state index in [0.717, 1.165) is 68.7 Å². The molecule has 150 valence electrons. The monoisotopic (exact) mass is 389 g/mol. The molecule has 0 aliphatic carbocycles. The molecule has 3 aliphatic heterocycles. The first-order valence-electron chi connectivity index (χ1n) is 10.6. The summed E-state index contributed by atoms with van der Waals surface area (Å²) in [6.45, 7) is 3.58. The van der Waals surface area contributed by atoms with Crippen LogP contribution in [0.25, 0.3) is 0 Å². The second-order valence-electron chi connectivity index (χ2n) is 8.67. The highest BCUT2D eigenvalue weighted by atomic mass is 16.2. The number of hydrogen-bond acceptors (Lipinski definition) is 3. The molecular formula is C24H27N3O2. The second-order valence-corrected chi connectivity index (χ2v) is 8.67. The highest BCUT2D eigenvalue weighted by molar-refractivity contribution is 5.96. The molecule has 1 atom stereocenters. The van der Waals surface area contributed by atoms with Crippen molar-refractivity contribution in [3.63, 3.8) is 0 Å². The normalized spacial score (nSPS) is 24.6. The lowest BCUT2D eigenvalue weighted by atomic mass is 9.91. The van der Waals surface area contributed by atoms with E-state index in [1.54, 1.807) is 0 Å². The van der Waals surface area contributed by atoms with E-state index in [0.29, 0.717) is 6.42 Å². The number of anilines is 1. The smallest absolute Gasteiger partial charge is 0.252 e. The van der Waals surface area contributed by atoms with E-state index < -0.39 is 0 Å². The molecule has 5 heteroatoms. The van der Waals surface area contributed by atoms with Crippen molar-refractivity contribution in [1.82, 2.24) is 10.2 Å². The van der Waals surface area contributed by atoms with Crippen LogP contribution in [0.3, 0.4) is 0 Å². The van der Waals surface area contributed by atoms with Crippen LogP contribution in [0.5, 0.6) is 0 Å². The van der Waals surface area contributed by atoms with Gasteiger partial charge in [-0.3, -0.25) is 14.5 Å². The van der Waals surface area contributed by atoms with Gasteiger partial charge in [-0.2, -0.15) is 0 Å². The molecule has 5 rings (SSSR count). The van der Waals surface area contributed by atoms with Crippen LogP contribution in [-0.4, -0.2) is 41.9 Å². The third-order valence-electron chi connectivity index (χ3n) is 6.67. The van der Waals surface area contributed by atoms with Crippen molar-refractivity contribution in [3.05, 3.63) is 65.2 Å². The standard InChI is InChI=1S/C24H27N3O2/c28-22-6-3-14-27(22)20-9-7-18(8-10-20)16-26-15-13-24(17-26)12-11-19-4-1-2-5-21(19)23(29)25-24/h1-2,4-5,7-10H,3,6,11-17H2,(H,25,29). The number of nitrogens with one attached hydrogen (secondary N) is 1. The first-order chi connectivity index (χ1) is 14.1. The Morgan fingerprint density at radius 2 is 1.76 bits per heavy atom. The van der Waals surface area contributed by atoms with Gasteiger partial charge in [0.25, 0.3) is 5.91 Å². The summed E-state index contributed by atoms with van der Waals surface area (Å²) in [5.74, 6) is 0.295. The Morgan fingerprint density at radius 3 is 2.55 bits per heavy atom. The minimum absolute atomic E-state index is 0.0691. The number of hydrogen-bond donors (Lipinski definition) is 1. The summed E-state index contributed by atoms with van der Waals surface area (Å²) in [6.07, 6.45) is 4.54. The molecule has 0 aromatic heterocycles. The zero-order valence-electron chi connectivity index (χ0n) is 16.7. The number of carbonyl (C=O) groups is 2. The third-order valence-corrected chi connectivity index (χ3v) is 6.67. The van der Waals surface area contributed by atoms with Gasteiger partial charge in [-0.25, -0.2) is 0 Å². The molecule has 1 N–H and O–H groups in total. The van der Waals surface area contributed by atoms with Crippen LogP contribution in [0.2, 0.25) is 0 Å². The number of nitrogens with zero attached hydrogens (tertiary/aromatic N) is 2. The predicted molar refractivity (Wildman–Crippen MR) is 113 cm³/mol. The fraction of sp³-hybridized carbons (Fsp3) is 0.417. The molecule has 2 fully saturated rings. The molecule has 1 unspecified atom stereocenters. The maximum absolute atomic E-state index is 12.8. The Kier molecular flexibility index (Phi) is 4.63. The highest BCUT2D eigenvalue weighted by Crippen LogP contribution is 2.31. The predicted octanol–water partition coefficient (Wildman–Crippen LogP) is 3.13. The van der Waals surface area contributed by atoms with Crippen LogP contribution in [0.1, 0.15) is 47.2 Å². The highest BCUT2D eigenvalue weighted by Gasteiger charge is 2.41. The van der Waals surface area contributed by atoms with Crippen molar-refractivity contribution < 1.29 is 9.59 Å². The SMILES string of the molecule is O=C1NC2(CCc3ccccc31)CCN(Cc1ccc(N3CCCC3=O)cc1)C2. The fourth-order valence-corrected chi connectivity index (χ4v) is 5.06. The molecule has 0 radical (unpaired) electrons. The Hall–Kier alpha value is -2.66. The Bertz CT molecular complexity index is 939. The zero-order chi connectivity index (χ0) is 19.8. The Balaban J connectivity index is 1.24. The Morgan fingerprint density at radius 1 is 0.931 bits per heavy atom. The lowest BCUT2D eigenvalue weighted by molar-refractivity contribution is -0.117. The first kappa shape index (κ1) is 18.4. The van der Waals surface area contributed by atoms with E-state index in [-0.39, 0.29) is 17.4 Å². The topological polar surface area (TPSA) is 52.7 Å². The molecule has 5 nitrogen and oxygen atoms in total. The van der Waals surface area contributed by atoms with Gasteiger partial charge in [-0.15, -0.1) is 0 Å². The average Bonchev–Trinajstić information content (AvgIpc) is 3.30. The number of carbonyl (C=O) groups excluding carboxylic acids is 2. The van der Waals surface area contributed by atoms with Gasteiger partial charge in [-0.1, -0.05) is 30.3 Å². The number of rotatable bonds is 3. The second kappa shape index (κ2) is 7.30. The van der Waals surface area contributed by atoms with Gasteiger partial charge in [-0.05, 0) is 55.0 Å². The van der Waals surface area contributed by atoms with E-state index in [1.807, 2.05) is 23.1 Å². The van der Waals surface area contributed by atoms with E-state index >= 15 is 0 Å². The molecular weight excluding hydrogens is 362 g/mol. The largest absolute Gasteiger partial charge is 0.345 e. The number of amides is 2. The van der Waals surface area contributed by atoms with E-state index in [9.17, 15) is 9.59 Å². The first-order valence-corrected chi connectivity index (χ1v) is 10.6. The summed E-state index contributed by atoms with van der Waals surface area (Å²) in [7, 11) is 0. The minimum atomic E-state index is -0.127. The van der Waals surface area contributed by atoms with E-state index in [1.165, 1.54) is 5.56 Å². The third kappa shape index (κ3) is 3.55. The minimum Gasteiger partial charge on any atom is -0.345 e. The van der Waals surface area contributed by atoms with E-state index in [2.05, 4.69) is 40.5 Å². The van der Waals surface area contributed by atoms with Crippen LogP contribution in [-0.2, 0) is 17.8 Å². The molecule has 0 saturated carbocycles. The summed E-state index contributed by atoms with van der Waals surface area (Å²) in [6, 6.07) is 16.4. The van der Waals surface area contributed by atoms with Gasteiger partial charge in [0.2, 0.25) is 5.91 Å². The van der Waals surface area contributed by atoms with Crippen molar-refractivity contribution in [1.29, 1.82) is 0 Å². The number of fused-ring (bicyclic) bond motifs is 1. The molecule has 2 aromatic rings. The maximum Gasteiger partial charge on any atom is 0.252 e. The van der Waals surface area contributed by atoms with Gasteiger partial charge >= 0.3 is 0 Å². The number of benzene rings is 2. The average molecular weight is 389 g/mol. The molecule has 2 amide bonds. The lowest BCUT2D eigenvalue weighted by Gasteiger charge is -2.29. The van der Waals surface area contributed by atoms with E-state index in [4.69, 9.17) is 0 Å². The number of aryl methyl sites for hydroxylation is 1. The van der Waals surface area contributed by atoms with Crippen molar-refractivity contribution in [2.24, 2.45) is 0 Å². The van der Waals surface area contributed by atoms with Gasteiger partial charge in [0.05, 0.1) is 5.54 Å². The van der Waals surface area contributed by atoms with Gasteiger partial charge in [0.1, 0.15) is 0 Å². The van der Waals surface area contributed by atoms with Crippen LogP contribution in [0.15, 0.2) is 48.5 Å². The van der Waals surface area contributed by atoms with Crippen LogP contribution < -0.4 is 10.2 Å². The quantitative estimate of drug-likeness (QED) is 0.878. The molecule has 2 saturated heterocycles. The molecule has 29 heavy (non-hydrogen) atoms. The molecule has 1 spiro atoms. The van der Waals surface area contributed by atoms with Crippen molar-refractivity contribution in [2.75, 3.05) is 24.5 Å². The van der Waals surface area contributed by atoms with Crippen molar-refractivity contribution in [2.45, 2.75) is 44.2 Å². The fourth-order valence-electron chi connectivity index (χ4n) is 5.06. The Labute approximate surface area is 171 Å². The maximum atomic E-state index is 12.8. The lowest BCUT2D eigenvalue weighted by Crippen LogP contribution is -2.49. The van der Waals surface area contributed by atoms with Crippen molar-refractivity contribution >= 4 is 17.5 Å². The van der Waals surface area contributed by atoms with Gasteiger partial charge < -0.3 is 10.2 Å². The van der Waals surface area contributed by atoms with Crippen LogP contribution in [0, 0.1) is 0 Å². The molecule has 2 aromatic carbocycles. The summed E-state index contributed by atoms with van der Waals surface area (Å²) in [5.41, 5.74) is 4.11. The van der Waals surface area contributed by atoms with Gasteiger partial charge in [0.15, 0.2) is 0 Å². The van der Waals surface area contributed by atoms with Gasteiger partial charge in [0, 0.05) is 43.9 Å². The molecule has 3 aliphatic rings. The number of likely N-dealkylation sites (tertiary alicyclic amines) is 1. The molecule has 0 bridgehead atoms. The zero-order valence-corrected chi connectivity index (χ0v) is 16.7. The van der Waals surface area contributed by atoms with Crippen molar-refractivity contribution in [3.8, 4) is 0 Å². The summed E-state index contributed by atoms with van der Waals surface area (Å²) < 4.78 is 0. The van der Waals surface area contributed by atoms with Crippen LogP contribution in [0.4, 0.5) is 5.69 Å². The van der Waals surface area contributed by atoms with Crippen LogP contribution >= 0.6 is 0 Å². The summed E-state index contributed by atoms with van der Waals surface area (Å²) >= 11 is 0. The summed E-state index contributed by atoms with van der Waals surface area (Å²) in [5, 5.41) is 3.35. The summed E-state index contributed by atoms with van der Waals surface area (Å²) in [4.78, 5) is 29.0.